The van der Waals surface area contributed by atoms with Gasteiger partial charge in [0.15, 0.2) is 0 Å². The topological polar surface area (TPSA) is 77.8 Å². The van der Waals surface area contributed by atoms with E-state index in [1.807, 2.05) is 22.7 Å². The summed E-state index contributed by atoms with van der Waals surface area (Å²) in [5.41, 5.74) is 8.21. The Morgan fingerprint density at radius 1 is 0.324 bits per heavy atom. The molecular formula is C66H104N4O2S2. The van der Waals surface area contributed by atoms with E-state index in [9.17, 15) is 0 Å². The van der Waals surface area contributed by atoms with E-state index in [2.05, 4.69) is 83.3 Å². The van der Waals surface area contributed by atoms with Gasteiger partial charge in [0.1, 0.15) is 22.1 Å². The molecule has 4 heterocycles. The van der Waals surface area contributed by atoms with Gasteiger partial charge in [0.05, 0.1) is 0 Å². The van der Waals surface area contributed by atoms with Gasteiger partial charge in [-0.2, -0.15) is 0 Å². The zero-order chi connectivity index (χ0) is 51.7. The van der Waals surface area contributed by atoms with Crippen molar-refractivity contribution in [2.45, 2.75) is 297 Å². The zero-order valence-electron chi connectivity index (χ0n) is 47.7. The van der Waals surface area contributed by atoms with Gasteiger partial charge < -0.3 is 0 Å². The van der Waals surface area contributed by atoms with Crippen LogP contribution in [0.25, 0.3) is 53.7 Å². The maximum atomic E-state index is 5.58. The summed E-state index contributed by atoms with van der Waals surface area (Å²) in [7, 11) is 0. The third kappa shape index (κ3) is 21.0. The molecule has 2 atom stereocenters. The first-order valence-electron chi connectivity index (χ1n) is 31.6. The smallest absolute Gasteiger partial charge is 0.144 e. The van der Waals surface area contributed by atoms with Gasteiger partial charge in [-0.3, -0.25) is 0 Å². The molecule has 2 unspecified atom stereocenters. The molecular weight excluding hydrogens is 945 g/mol. The number of hydrogen-bond donors (Lipinski definition) is 0. The lowest BCUT2D eigenvalue weighted by Crippen LogP contribution is -2.05. The van der Waals surface area contributed by atoms with Gasteiger partial charge in [0.2, 0.25) is 0 Å². The van der Waals surface area contributed by atoms with Crippen molar-refractivity contribution in [1.82, 2.24) is 20.6 Å². The van der Waals surface area contributed by atoms with Crippen molar-refractivity contribution in [3.8, 4) is 20.9 Å². The predicted molar refractivity (Wildman–Crippen MR) is 323 cm³/mol. The monoisotopic (exact) mass is 1050 g/mol. The highest BCUT2D eigenvalue weighted by molar-refractivity contribution is 7.14. The Balaban J connectivity index is 1.11. The minimum absolute atomic E-state index is 0.735. The summed E-state index contributed by atoms with van der Waals surface area (Å²) in [6, 6.07) is 9.35. The molecule has 0 fully saturated rings. The SMILES string of the molecule is CCCCCCCCCCCCC(CCCCCCCCCC)Cc1csc(-c2cc3c(cc(-c4cc(CC(CCCCCCCCCC)CCCCCCCCCCCC)cs4)c4nonc43)c3nonc23)c1. The number of hydrogen-bond acceptors (Lipinski definition) is 8. The van der Waals surface area contributed by atoms with Crippen LogP contribution >= 0.6 is 22.7 Å². The first kappa shape index (κ1) is 60.1. The van der Waals surface area contributed by atoms with Crippen LogP contribution in [-0.4, -0.2) is 20.6 Å². The molecule has 2 aromatic carbocycles. The Kier molecular flexibility index (Phi) is 29.9. The highest BCUT2D eigenvalue weighted by Crippen LogP contribution is 2.43. The highest BCUT2D eigenvalue weighted by atomic mass is 32.1. The summed E-state index contributed by atoms with van der Waals surface area (Å²) in [5, 5.41) is 25.1. The van der Waals surface area contributed by atoms with Gasteiger partial charge in [-0.15, -0.1) is 22.7 Å². The van der Waals surface area contributed by atoms with E-state index < -0.39 is 0 Å². The molecule has 8 heteroatoms. The maximum Gasteiger partial charge on any atom is 0.144 e. The molecule has 0 spiro atoms. The first-order valence-corrected chi connectivity index (χ1v) is 33.4. The maximum absolute atomic E-state index is 5.58. The fourth-order valence-corrected chi connectivity index (χ4v) is 13.9. The fraction of sp³-hybridized carbons (Fsp3) is 0.727. The van der Waals surface area contributed by atoms with E-state index >= 15 is 0 Å². The third-order valence-corrected chi connectivity index (χ3v) is 18.6. The summed E-state index contributed by atoms with van der Waals surface area (Å²) in [6.45, 7) is 9.25. The Morgan fingerprint density at radius 3 is 0.865 bits per heavy atom. The van der Waals surface area contributed by atoms with Crippen molar-refractivity contribution in [1.29, 1.82) is 0 Å². The van der Waals surface area contributed by atoms with Crippen molar-refractivity contribution in [3.63, 3.8) is 0 Å². The molecule has 0 saturated heterocycles. The Morgan fingerprint density at radius 2 is 0.581 bits per heavy atom. The lowest BCUT2D eigenvalue weighted by Gasteiger charge is -2.16. The second-order valence-corrected chi connectivity index (χ2v) is 24.9. The Labute approximate surface area is 459 Å². The van der Waals surface area contributed by atoms with E-state index in [1.165, 1.54) is 278 Å². The van der Waals surface area contributed by atoms with E-state index in [1.54, 1.807) is 0 Å². The molecule has 0 radical (unpaired) electrons. The highest BCUT2D eigenvalue weighted by Gasteiger charge is 2.23. The minimum Gasteiger partial charge on any atom is -0.243 e. The number of fused-ring (bicyclic) bond motifs is 5. The molecule has 6 nitrogen and oxygen atoms in total. The number of thiophene rings is 2. The second-order valence-electron chi connectivity index (χ2n) is 23.1. The Bertz CT molecular complexity index is 2180. The summed E-state index contributed by atoms with van der Waals surface area (Å²) in [4.78, 5) is 2.42. The van der Waals surface area contributed by atoms with E-state index in [-0.39, 0.29) is 0 Å². The molecule has 0 N–H and O–H groups in total. The van der Waals surface area contributed by atoms with Crippen molar-refractivity contribution in [2.75, 3.05) is 0 Å². The van der Waals surface area contributed by atoms with Crippen molar-refractivity contribution in [2.24, 2.45) is 11.8 Å². The van der Waals surface area contributed by atoms with Crippen LogP contribution in [0.2, 0.25) is 0 Å². The molecule has 74 heavy (non-hydrogen) atoms. The van der Waals surface area contributed by atoms with Crippen LogP contribution in [0.5, 0.6) is 0 Å². The fourth-order valence-electron chi connectivity index (χ4n) is 12.0. The molecule has 0 aliphatic carbocycles. The molecule has 0 aliphatic rings. The molecule has 4 aromatic heterocycles. The van der Waals surface area contributed by atoms with Gasteiger partial charge in [-0.05, 0) is 91.5 Å². The van der Waals surface area contributed by atoms with Crippen LogP contribution in [0.4, 0.5) is 0 Å². The second kappa shape index (κ2) is 36.8. The van der Waals surface area contributed by atoms with Gasteiger partial charge in [-0.1, -0.05) is 285 Å². The molecule has 6 rings (SSSR count). The number of aromatic nitrogens is 4. The predicted octanol–water partition coefficient (Wildman–Crippen LogP) is 23.4. The van der Waals surface area contributed by atoms with E-state index in [0.29, 0.717) is 0 Å². The largest absolute Gasteiger partial charge is 0.243 e. The normalized spacial score (nSPS) is 12.9. The number of benzene rings is 2. The molecule has 6 aromatic rings. The quantitative estimate of drug-likeness (QED) is 0.0355. The van der Waals surface area contributed by atoms with Gasteiger partial charge in [0.25, 0.3) is 0 Å². The lowest BCUT2D eigenvalue weighted by atomic mass is 9.89. The molecule has 0 saturated carbocycles. The van der Waals surface area contributed by atoms with Crippen molar-refractivity contribution < 1.29 is 9.26 Å². The average molecular weight is 1050 g/mol. The van der Waals surface area contributed by atoms with E-state index in [0.717, 1.165) is 68.6 Å². The minimum atomic E-state index is 0.735. The standard InChI is InChI=1S/C66H104N4O2S2/c1-5-9-13-17-21-25-27-31-35-39-43-53(41-37-33-29-23-19-15-11-7-3)45-55-47-61(73-51-55)59-49-57-58(63-65(59)69-71-67-63)50-60(66-64(57)68-72-70-66)62-48-56(52-74-62)46-54(42-38-34-30-24-20-16-12-8-4)44-40-36-32-28-26-22-18-14-10-6-2/h47-54H,5-46H2,1-4H3. The van der Waals surface area contributed by atoms with Crippen LogP contribution in [0.3, 0.4) is 0 Å². The van der Waals surface area contributed by atoms with Crippen molar-refractivity contribution in [3.05, 3.63) is 46.2 Å². The van der Waals surface area contributed by atoms with Crippen LogP contribution in [0.15, 0.2) is 44.3 Å². The van der Waals surface area contributed by atoms with Gasteiger partial charge in [-0.25, -0.2) is 9.26 Å². The number of unbranched alkanes of at least 4 members (excludes halogenated alkanes) is 32. The molecule has 0 aliphatic heterocycles. The van der Waals surface area contributed by atoms with Crippen LogP contribution in [0.1, 0.15) is 296 Å². The van der Waals surface area contributed by atoms with Crippen LogP contribution in [-0.2, 0) is 12.8 Å². The van der Waals surface area contributed by atoms with Crippen LogP contribution in [0, 0.1) is 11.8 Å². The summed E-state index contributed by atoms with van der Waals surface area (Å²) >= 11 is 3.65. The lowest BCUT2D eigenvalue weighted by molar-refractivity contribution is 0.316. The number of nitrogens with zero attached hydrogens (tertiary/aromatic N) is 4. The third-order valence-electron chi connectivity index (χ3n) is 16.6. The average Bonchev–Trinajstić information content (AvgIpc) is 4.29. The zero-order valence-corrected chi connectivity index (χ0v) is 49.4. The summed E-state index contributed by atoms with van der Waals surface area (Å²) in [6.07, 6.45) is 57.7. The van der Waals surface area contributed by atoms with Crippen molar-refractivity contribution >= 4 is 55.5 Å². The van der Waals surface area contributed by atoms with Gasteiger partial charge in [0, 0.05) is 31.7 Å². The van der Waals surface area contributed by atoms with E-state index in [4.69, 9.17) is 9.26 Å². The van der Waals surface area contributed by atoms with Crippen LogP contribution < -0.4 is 0 Å². The van der Waals surface area contributed by atoms with Gasteiger partial charge >= 0.3 is 0 Å². The summed E-state index contributed by atoms with van der Waals surface area (Å²) < 4.78 is 11.2. The molecule has 0 amide bonds. The Hall–Kier alpha value is -3.10. The number of rotatable bonds is 46. The summed E-state index contributed by atoms with van der Waals surface area (Å²) in [5.74, 6) is 1.47. The first-order chi connectivity index (χ1) is 36.6. The molecule has 412 valence electrons. The molecule has 0 bridgehead atoms.